The molecule has 160 valence electrons. The lowest BCUT2D eigenvalue weighted by Gasteiger charge is -2.32. The van der Waals surface area contributed by atoms with Crippen LogP contribution >= 0.6 is 11.3 Å². The number of amides is 1. The second-order valence-corrected chi connectivity index (χ2v) is 9.30. The zero-order valence-electron chi connectivity index (χ0n) is 17.7. The number of nitrogens with zero attached hydrogens (tertiary/aromatic N) is 2. The summed E-state index contributed by atoms with van der Waals surface area (Å²) in [7, 11) is 0. The topological polar surface area (TPSA) is 32.8 Å². The van der Waals surface area contributed by atoms with Gasteiger partial charge in [-0.3, -0.25) is 4.79 Å². The van der Waals surface area contributed by atoms with Gasteiger partial charge in [-0.2, -0.15) is 0 Å². The number of anilines is 1. The molecule has 0 N–H and O–H groups in total. The van der Waals surface area contributed by atoms with E-state index in [9.17, 15) is 4.79 Å². The van der Waals surface area contributed by atoms with Crippen LogP contribution in [0.15, 0.2) is 66.7 Å². The number of morpholine rings is 1. The van der Waals surface area contributed by atoms with Crippen molar-refractivity contribution >= 4 is 22.2 Å². The molecule has 2 saturated heterocycles. The van der Waals surface area contributed by atoms with Gasteiger partial charge in [0.2, 0.25) is 0 Å². The zero-order valence-corrected chi connectivity index (χ0v) is 18.5. The Bertz CT molecular complexity index is 1000. The molecule has 0 spiro atoms. The second kappa shape index (κ2) is 9.25. The number of rotatable bonds is 4. The van der Waals surface area contributed by atoms with E-state index in [2.05, 4.69) is 65.6 Å². The SMILES string of the molecule is O=C(c1cc(-c2ccccc2)c(N2CCOCC2)s1)N1CCC(c2ccccc2)CC1. The first kappa shape index (κ1) is 20.3. The smallest absolute Gasteiger partial charge is 0.264 e. The highest BCUT2D eigenvalue weighted by molar-refractivity contribution is 7.18. The lowest BCUT2D eigenvalue weighted by Crippen LogP contribution is -2.37. The molecule has 2 aliphatic rings. The second-order valence-electron chi connectivity index (χ2n) is 8.27. The maximum absolute atomic E-state index is 13.4. The Morgan fingerprint density at radius 2 is 1.52 bits per heavy atom. The summed E-state index contributed by atoms with van der Waals surface area (Å²) in [5.74, 6) is 0.727. The van der Waals surface area contributed by atoms with Crippen LogP contribution in [0, 0.1) is 0 Å². The Kier molecular flexibility index (Phi) is 6.05. The standard InChI is InChI=1S/C26H28N2O2S/c29-25(27-13-11-21(12-14-27)20-7-3-1-4-8-20)24-19-23(22-9-5-2-6-10-22)26(31-24)28-15-17-30-18-16-28/h1-10,19,21H,11-18H2. The van der Waals surface area contributed by atoms with Gasteiger partial charge in [0.15, 0.2) is 0 Å². The van der Waals surface area contributed by atoms with Gasteiger partial charge in [0.1, 0.15) is 0 Å². The molecule has 3 heterocycles. The summed E-state index contributed by atoms with van der Waals surface area (Å²) in [5, 5.41) is 1.19. The molecule has 0 aliphatic carbocycles. The molecule has 0 saturated carbocycles. The third-order valence-corrected chi connectivity index (χ3v) is 7.54. The molecule has 0 unspecified atom stereocenters. The van der Waals surface area contributed by atoms with E-state index < -0.39 is 0 Å². The van der Waals surface area contributed by atoms with Crippen molar-refractivity contribution in [1.82, 2.24) is 4.90 Å². The van der Waals surface area contributed by atoms with E-state index in [1.54, 1.807) is 11.3 Å². The van der Waals surface area contributed by atoms with Crippen molar-refractivity contribution in [3.05, 3.63) is 77.2 Å². The van der Waals surface area contributed by atoms with E-state index in [0.29, 0.717) is 5.92 Å². The first-order valence-electron chi connectivity index (χ1n) is 11.2. The highest BCUT2D eigenvalue weighted by Crippen LogP contribution is 2.40. The average molecular weight is 433 g/mol. The van der Waals surface area contributed by atoms with E-state index in [1.165, 1.54) is 16.1 Å². The van der Waals surface area contributed by atoms with Gasteiger partial charge in [-0.15, -0.1) is 11.3 Å². The molecule has 5 rings (SSSR count). The Hall–Kier alpha value is -2.63. The van der Waals surface area contributed by atoms with Crippen molar-refractivity contribution < 1.29 is 9.53 Å². The van der Waals surface area contributed by atoms with Crippen LogP contribution in [0.3, 0.4) is 0 Å². The third kappa shape index (κ3) is 4.39. The molecule has 0 radical (unpaired) electrons. The Morgan fingerprint density at radius 3 is 2.19 bits per heavy atom. The molecule has 2 aromatic carbocycles. The van der Waals surface area contributed by atoms with Gasteiger partial charge in [-0.25, -0.2) is 0 Å². The third-order valence-electron chi connectivity index (χ3n) is 6.36. The Morgan fingerprint density at radius 1 is 0.871 bits per heavy atom. The summed E-state index contributed by atoms with van der Waals surface area (Å²) in [5.41, 5.74) is 3.73. The summed E-state index contributed by atoms with van der Waals surface area (Å²) in [6.07, 6.45) is 2.06. The molecule has 0 atom stereocenters. The van der Waals surface area contributed by atoms with E-state index >= 15 is 0 Å². The summed E-state index contributed by atoms with van der Waals surface area (Å²) in [6.45, 7) is 4.87. The van der Waals surface area contributed by atoms with Crippen molar-refractivity contribution in [2.24, 2.45) is 0 Å². The molecular formula is C26H28N2O2S. The van der Waals surface area contributed by atoms with E-state index in [0.717, 1.165) is 62.7 Å². The molecular weight excluding hydrogens is 404 g/mol. The zero-order chi connectivity index (χ0) is 21.0. The fourth-order valence-electron chi connectivity index (χ4n) is 4.61. The first-order valence-corrected chi connectivity index (χ1v) is 12.0. The van der Waals surface area contributed by atoms with Crippen LogP contribution in [-0.4, -0.2) is 50.2 Å². The highest BCUT2D eigenvalue weighted by atomic mass is 32.1. The largest absolute Gasteiger partial charge is 0.378 e. The molecule has 1 aromatic heterocycles. The van der Waals surface area contributed by atoms with Crippen LogP contribution in [0.25, 0.3) is 11.1 Å². The maximum atomic E-state index is 13.4. The molecule has 1 amide bonds. The van der Waals surface area contributed by atoms with Crippen molar-refractivity contribution in [1.29, 1.82) is 0 Å². The lowest BCUT2D eigenvalue weighted by molar-refractivity contribution is 0.0718. The summed E-state index contributed by atoms with van der Waals surface area (Å²) < 4.78 is 5.55. The minimum atomic E-state index is 0.174. The maximum Gasteiger partial charge on any atom is 0.264 e. The van der Waals surface area contributed by atoms with Crippen LogP contribution < -0.4 is 4.90 Å². The van der Waals surface area contributed by atoms with E-state index in [4.69, 9.17) is 4.74 Å². The number of thiophene rings is 1. The highest BCUT2D eigenvalue weighted by Gasteiger charge is 2.28. The van der Waals surface area contributed by atoms with Gasteiger partial charge in [-0.1, -0.05) is 60.7 Å². The van der Waals surface area contributed by atoms with Crippen LogP contribution in [0.1, 0.15) is 34.0 Å². The van der Waals surface area contributed by atoms with E-state index in [1.807, 2.05) is 11.0 Å². The fraction of sp³-hybridized carbons (Fsp3) is 0.346. The quantitative estimate of drug-likeness (QED) is 0.563. The molecule has 5 heteroatoms. The predicted molar refractivity (Wildman–Crippen MR) is 127 cm³/mol. The number of carbonyl (C=O) groups is 1. The van der Waals surface area contributed by atoms with Gasteiger partial charge in [0.25, 0.3) is 5.91 Å². The van der Waals surface area contributed by atoms with E-state index in [-0.39, 0.29) is 5.91 Å². The number of piperidine rings is 1. The number of carbonyl (C=O) groups excluding carboxylic acids is 1. The summed E-state index contributed by atoms with van der Waals surface area (Å²) in [4.78, 5) is 18.7. The van der Waals surface area contributed by atoms with Crippen LogP contribution in [0.2, 0.25) is 0 Å². The Balaban J connectivity index is 1.36. The molecule has 31 heavy (non-hydrogen) atoms. The van der Waals surface area contributed by atoms with Gasteiger partial charge in [-0.05, 0) is 36.0 Å². The molecule has 3 aromatic rings. The van der Waals surface area contributed by atoms with Crippen LogP contribution in [0.4, 0.5) is 5.00 Å². The van der Waals surface area contributed by atoms with Crippen molar-refractivity contribution in [3.8, 4) is 11.1 Å². The predicted octanol–water partition coefficient (Wildman–Crippen LogP) is 5.27. The van der Waals surface area contributed by atoms with Gasteiger partial charge < -0.3 is 14.5 Å². The summed E-state index contributed by atoms with van der Waals surface area (Å²) in [6, 6.07) is 23.2. The van der Waals surface area contributed by atoms with Gasteiger partial charge in [0, 0.05) is 31.7 Å². The van der Waals surface area contributed by atoms with Gasteiger partial charge >= 0.3 is 0 Å². The minimum absolute atomic E-state index is 0.174. The summed E-state index contributed by atoms with van der Waals surface area (Å²) >= 11 is 1.64. The van der Waals surface area contributed by atoms with Crippen molar-refractivity contribution in [2.45, 2.75) is 18.8 Å². The van der Waals surface area contributed by atoms with Crippen molar-refractivity contribution in [2.75, 3.05) is 44.3 Å². The average Bonchev–Trinajstić information content (AvgIpc) is 3.31. The number of hydrogen-bond donors (Lipinski definition) is 0. The monoisotopic (exact) mass is 432 g/mol. The minimum Gasteiger partial charge on any atom is -0.378 e. The van der Waals surface area contributed by atoms with Crippen molar-refractivity contribution in [3.63, 3.8) is 0 Å². The molecule has 2 fully saturated rings. The molecule has 2 aliphatic heterocycles. The van der Waals surface area contributed by atoms with Crippen LogP contribution in [-0.2, 0) is 4.74 Å². The fourth-order valence-corrected chi connectivity index (χ4v) is 5.81. The lowest BCUT2D eigenvalue weighted by atomic mass is 9.89. The molecule has 0 bridgehead atoms. The Labute approximate surface area is 188 Å². The number of hydrogen-bond acceptors (Lipinski definition) is 4. The number of likely N-dealkylation sites (tertiary alicyclic amines) is 1. The number of ether oxygens (including phenoxy) is 1. The molecule has 4 nitrogen and oxygen atoms in total. The first-order chi connectivity index (χ1) is 15.3. The normalized spacial score (nSPS) is 17.7. The van der Waals surface area contributed by atoms with Crippen LogP contribution in [0.5, 0.6) is 0 Å². The number of benzene rings is 2. The van der Waals surface area contributed by atoms with Gasteiger partial charge in [0.05, 0.1) is 23.1 Å².